The van der Waals surface area contributed by atoms with Crippen molar-refractivity contribution in [3.63, 3.8) is 0 Å². The van der Waals surface area contributed by atoms with E-state index in [1.54, 1.807) is 60.7 Å². The first-order chi connectivity index (χ1) is 14.4. The number of carbonyl (C=O) groups is 1. The van der Waals surface area contributed by atoms with Crippen molar-refractivity contribution in [1.82, 2.24) is 0 Å². The second kappa shape index (κ2) is 9.84. The molecule has 0 heterocycles. The molecule has 0 aliphatic heterocycles. The van der Waals surface area contributed by atoms with Crippen LogP contribution < -0.4 is 14.8 Å². The Morgan fingerprint density at radius 3 is 2.27 bits per heavy atom. The molecule has 3 rings (SSSR count). The summed E-state index contributed by atoms with van der Waals surface area (Å²) in [7, 11) is -3.79. The monoisotopic (exact) mass is 464 g/mol. The lowest BCUT2D eigenvalue weighted by Crippen LogP contribution is -2.18. The van der Waals surface area contributed by atoms with E-state index in [0.717, 1.165) is 0 Å². The molecular weight excluding hydrogens is 447 g/mol. The highest BCUT2D eigenvalue weighted by molar-refractivity contribution is 7.92. The second-order valence-electron chi connectivity index (χ2n) is 6.16. The maximum Gasteiger partial charge on any atom is 0.261 e. The number of hydrogen-bond acceptors (Lipinski definition) is 4. The molecule has 9 heteroatoms. The quantitative estimate of drug-likeness (QED) is 0.479. The molecule has 3 aromatic carbocycles. The number of sulfonamides is 1. The Kier molecular flexibility index (Phi) is 7.20. The minimum Gasteiger partial charge on any atom is -0.491 e. The zero-order valence-electron chi connectivity index (χ0n) is 15.6. The van der Waals surface area contributed by atoms with Gasteiger partial charge in [-0.3, -0.25) is 9.52 Å². The Hall–Kier alpha value is -2.74. The van der Waals surface area contributed by atoms with E-state index in [0.29, 0.717) is 16.5 Å². The summed E-state index contributed by atoms with van der Waals surface area (Å²) in [6, 6.07) is 19.5. The maximum atomic E-state index is 12.6. The van der Waals surface area contributed by atoms with Crippen LogP contribution in [0.25, 0.3) is 0 Å². The van der Waals surface area contributed by atoms with Gasteiger partial charge in [0.25, 0.3) is 10.0 Å². The fourth-order valence-corrected chi connectivity index (χ4v) is 3.99. The van der Waals surface area contributed by atoms with Crippen LogP contribution in [0.15, 0.2) is 77.7 Å². The molecule has 0 aliphatic rings. The topological polar surface area (TPSA) is 84.5 Å². The highest BCUT2D eigenvalue weighted by Gasteiger charge is 2.16. The van der Waals surface area contributed by atoms with E-state index in [9.17, 15) is 13.2 Å². The molecule has 2 N–H and O–H groups in total. The van der Waals surface area contributed by atoms with Crippen LogP contribution in [-0.4, -0.2) is 20.9 Å². The molecule has 0 atom stereocenters. The van der Waals surface area contributed by atoms with Gasteiger partial charge in [-0.05, 0) is 36.4 Å². The van der Waals surface area contributed by atoms with Gasteiger partial charge in [-0.15, -0.1) is 0 Å². The largest absolute Gasteiger partial charge is 0.491 e. The fraction of sp³-hybridized carbons (Fsp3) is 0.0952. The van der Waals surface area contributed by atoms with Crippen molar-refractivity contribution in [3.05, 3.63) is 82.8 Å². The zero-order chi connectivity index (χ0) is 21.6. The van der Waals surface area contributed by atoms with Crippen LogP contribution in [-0.2, 0) is 14.8 Å². The standard InChI is InChI=1S/C21H18Cl2N2O4S/c22-16-9-6-12-19(21(16)23)29-14-13-20(26)24-17-10-4-5-11-18(17)25-30(27,28)15-7-2-1-3-8-15/h1-12,25H,13-14H2,(H,24,26). The SMILES string of the molecule is O=C(CCOc1cccc(Cl)c1Cl)Nc1ccccc1NS(=O)(=O)c1ccccc1. The number of ether oxygens (including phenoxy) is 1. The third-order valence-electron chi connectivity index (χ3n) is 4.00. The Labute approximate surface area is 184 Å². The van der Waals surface area contributed by atoms with Crippen LogP contribution in [0.1, 0.15) is 6.42 Å². The van der Waals surface area contributed by atoms with E-state index in [4.69, 9.17) is 27.9 Å². The average Bonchev–Trinajstić information content (AvgIpc) is 2.73. The van der Waals surface area contributed by atoms with E-state index in [-0.39, 0.29) is 34.5 Å². The van der Waals surface area contributed by atoms with Crippen LogP contribution >= 0.6 is 23.2 Å². The maximum absolute atomic E-state index is 12.6. The van der Waals surface area contributed by atoms with Gasteiger partial charge in [0.15, 0.2) is 0 Å². The average molecular weight is 465 g/mol. The highest BCUT2D eigenvalue weighted by atomic mass is 35.5. The highest BCUT2D eigenvalue weighted by Crippen LogP contribution is 2.31. The number of benzene rings is 3. The minimum absolute atomic E-state index is 0.0304. The Balaban J connectivity index is 1.63. The first-order valence-corrected chi connectivity index (χ1v) is 11.1. The van der Waals surface area contributed by atoms with Gasteiger partial charge in [0.1, 0.15) is 10.8 Å². The summed E-state index contributed by atoms with van der Waals surface area (Å²) in [5.41, 5.74) is 0.594. The lowest BCUT2D eigenvalue weighted by Gasteiger charge is -2.14. The van der Waals surface area contributed by atoms with Gasteiger partial charge in [0, 0.05) is 0 Å². The molecule has 0 fully saturated rings. The summed E-state index contributed by atoms with van der Waals surface area (Å²) in [5.74, 6) is 0.0347. The van der Waals surface area contributed by atoms with Crippen LogP contribution in [0.2, 0.25) is 10.0 Å². The van der Waals surface area contributed by atoms with Crippen molar-refractivity contribution in [2.75, 3.05) is 16.6 Å². The molecule has 0 unspecified atom stereocenters. The number of halogens is 2. The van der Waals surface area contributed by atoms with Crippen LogP contribution in [0, 0.1) is 0 Å². The van der Waals surface area contributed by atoms with Gasteiger partial charge in [-0.25, -0.2) is 8.42 Å². The van der Waals surface area contributed by atoms with Gasteiger partial charge in [0.05, 0.1) is 34.3 Å². The van der Waals surface area contributed by atoms with E-state index in [1.165, 1.54) is 12.1 Å². The normalized spacial score (nSPS) is 11.0. The van der Waals surface area contributed by atoms with Crippen molar-refractivity contribution in [2.24, 2.45) is 0 Å². The summed E-state index contributed by atoms with van der Waals surface area (Å²) in [5, 5.41) is 3.33. The second-order valence-corrected chi connectivity index (χ2v) is 8.63. The molecule has 30 heavy (non-hydrogen) atoms. The van der Waals surface area contributed by atoms with E-state index >= 15 is 0 Å². The first-order valence-electron chi connectivity index (χ1n) is 8.90. The Bertz CT molecular complexity index is 1140. The van der Waals surface area contributed by atoms with Gasteiger partial charge >= 0.3 is 0 Å². The number of hydrogen-bond donors (Lipinski definition) is 2. The summed E-state index contributed by atoms with van der Waals surface area (Å²) in [4.78, 5) is 12.4. The predicted molar refractivity (Wildman–Crippen MR) is 119 cm³/mol. The molecule has 0 aliphatic carbocycles. The van der Waals surface area contributed by atoms with E-state index < -0.39 is 10.0 Å². The van der Waals surface area contributed by atoms with Crippen molar-refractivity contribution in [2.45, 2.75) is 11.3 Å². The summed E-state index contributed by atoms with van der Waals surface area (Å²) < 4.78 is 33.1. The fourth-order valence-electron chi connectivity index (χ4n) is 2.55. The first kappa shape index (κ1) is 22.0. The van der Waals surface area contributed by atoms with Crippen LogP contribution in [0.5, 0.6) is 5.75 Å². The van der Waals surface area contributed by atoms with Crippen LogP contribution in [0.4, 0.5) is 11.4 Å². The molecule has 0 saturated heterocycles. The number of anilines is 2. The molecule has 0 spiro atoms. The lowest BCUT2D eigenvalue weighted by molar-refractivity contribution is -0.116. The number of carbonyl (C=O) groups excluding carboxylic acids is 1. The molecule has 3 aromatic rings. The van der Waals surface area contributed by atoms with Gasteiger partial charge < -0.3 is 10.1 Å². The molecule has 0 bridgehead atoms. The van der Waals surface area contributed by atoms with Gasteiger partial charge in [0.2, 0.25) is 5.91 Å². The van der Waals surface area contributed by atoms with Gasteiger partial charge in [-0.2, -0.15) is 0 Å². The van der Waals surface area contributed by atoms with E-state index in [2.05, 4.69) is 10.0 Å². The summed E-state index contributed by atoms with van der Waals surface area (Å²) in [6.45, 7) is 0.0732. The minimum atomic E-state index is -3.79. The van der Waals surface area contributed by atoms with Crippen LogP contribution in [0.3, 0.4) is 0 Å². The summed E-state index contributed by atoms with van der Waals surface area (Å²) in [6.07, 6.45) is 0.0304. The number of para-hydroxylation sites is 2. The van der Waals surface area contributed by atoms with Gasteiger partial charge in [-0.1, -0.05) is 59.6 Å². The van der Waals surface area contributed by atoms with Crippen molar-refractivity contribution in [1.29, 1.82) is 0 Å². The Morgan fingerprint density at radius 1 is 0.867 bits per heavy atom. The van der Waals surface area contributed by atoms with Crippen molar-refractivity contribution in [3.8, 4) is 5.75 Å². The molecule has 0 saturated carbocycles. The lowest BCUT2D eigenvalue weighted by atomic mass is 10.2. The predicted octanol–water partition coefficient (Wildman–Crippen LogP) is 5.20. The smallest absolute Gasteiger partial charge is 0.261 e. The molecule has 6 nitrogen and oxygen atoms in total. The molecule has 1 amide bonds. The zero-order valence-corrected chi connectivity index (χ0v) is 18.0. The molecule has 0 radical (unpaired) electrons. The number of nitrogens with one attached hydrogen (secondary N) is 2. The third kappa shape index (κ3) is 5.66. The molecule has 156 valence electrons. The molecular formula is C21H18Cl2N2O4S. The number of amides is 1. The Morgan fingerprint density at radius 2 is 1.53 bits per heavy atom. The van der Waals surface area contributed by atoms with Crippen molar-refractivity contribution >= 4 is 50.5 Å². The molecule has 0 aromatic heterocycles. The van der Waals surface area contributed by atoms with E-state index in [1.807, 2.05) is 0 Å². The number of rotatable bonds is 8. The summed E-state index contributed by atoms with van der Waals surface area (Å²) >= 11 is 12.0. The van der Waals surface area contributed by atoms with Crippen molar-refractivity contribution < 1.29 is 17.9 Å². The third-order valence-corrected chi connectivity index (χ3v) is 6.18.